The summed E-state index contributed by atoms with van der Waals surface area (Å²) in [5, 5.41) is 3.25. The lowest BCUT2D eigenvalue weighted by atomic mass is 10.0. The highest BCUT2D eigenvalue weighted by Crippen LogP contribution is 2.31. The minimum Gasteiger partial charge on any atom is -0.438 e. The van der Waals surface area contributed by atoms with Crippen molar-refractivity contribution in [1.29, 1.82) is 0 Å². The highest BCUT2D eigenvalue weighted by Gasteiger charge is 2.13. The second-order valence-corrected chi connectivity index (χ2v) is 5.88. The molecule has 0 radical (unpaired) electrons. The van der Waals surface area contributed by atoms with Gasteiger partial charge in [0, 0.05) is 23.6 Å². The maximum Gasteiger partial charge on any atom is 0.226 e. The largest absolute Gasteiger partial charge is 0.438 e. The zero-order valence-corrected chi connectivity index (χ0v) is 14.3. The van der Waals surface area contributed by atoms with E-state index in [2.05, 4.69) is 21.4 Å². The first-order valence-electron chi connectivity index (χ1n) is 8.57. The van der Waals surface area contributed by atoms with Crippen LogP contribution in [0.4, 0.5) is 11.5 Å². The molecular formula is C21H19N3O2. The van der Waals surface area contributed by atoms with Gasteiger partial charge in [0.05, 0.1) is 13.2 Å². The van der Waals surface area contributed by atoms with Gasteiger partial charge in [-0.15, -0.1) is 0 Å². The van der Waals surface area contributed by atoms with Crippen molar-refractivity contribution < 1.29 is 9.47 Å². The highest BCUT2D eigenvalue weighted by atomic mass is 16.5. The van der Waals surface area contributed by atoms with Crippen LogP contribution in [0.25, 0.3) is 5.57 Å². The molecule has 0 unspecified atom stereocenters. The van der Waals surface area contributed by atoms with Gasteiger partial charge in [-0.05, 0) is 60.5 Å². The molecule has 3 heterocycles. The fourth-order valence-electron chi connectivity index (χ4n) is 2.79. The van der Waals surface area contributed by atoms with E-state index in [1.54, 1.807) is 12.4 Å². The smallest absolute Gasteiger partial charge is 0.226 e. The monoisotopic (exact) mass is 345 g/mol. The van der Waals surface area contributed by atoms with Crippen molar-refractivity contribution in [2.24, 2.45) is 0 Å². The van der Waals surface area contributed by atoms with Crippen molar-refractivity contribution in [3.05, 3.63) is 78.6 Å². The molecule has 1 N–H and O–H groups in total. The molecule has 5 nitrogen and oxygen atoms in total. The van der Waals surface area contributed by atoms with Crippen LogP contribution in [-0.4, -0.2) is 23.2 Å². The zero-order valence-electron chi connectivity index (χ0n) is 14.3. The Kier molecular flexibility index (Phi) is 4.89. The third-order valence-corrected chi connectivity index (χ3v) is 4.09. The predicted octanol–water partition coefficient (Wildman–Crippen LogP) is 4.82. The first kappa shape index (κ1) is 16.3. The third-order valence-electron chi connectivity index (χ3n) is 4.09. The van der Waals surface area contributed by atoms with Crippen LogP contribution >= 0.6 is 0 Å². The van der Waals surface area contributed by atoms with Crippen LogP contribution in [0.1, 0.15) is 12.0 Å². The molecule has 1 aliphatic rings. The van der Waals surface area contributed by atoms with E-state index >= 15 is 0 Å². The number of anilines is 2. The summed E-state index contributed by atoms with van der Waals surface area (Å²) in [5.41, 5.74) is 3.18. The van der Waals surface area contributed by atoms with Gasteiger partial charge in [0.1, 0.15) is 11.6 Å². The molecule has 1 aromatic carbocycles. The second-order valence-electron chi connectivity index (χ2n) is 5.88. The lowest BCUT2D eigenvalue weighted by molar-refractivity contribution is 0.161. The number of rotatable bonds is 5. The van der Waals surface area contributed by atoms with Crippen molar-refractivity contribution in [2.45, 2.75) is 6.42 Å². The normalized spacial score (nSPS) is 13.8. The summed E-state index contributed by atoms with van der Waals surface area (Å²) >= 11 is 0. The average molecular weight is 345 g/mol. The van der Waals surface area contributed by atoms with Gasteiger partial charge >= 0.3 is 0 Å². The minimum absolute atomic E-state index is 0.617. The summed E-state index contributed by atoms with van der Waals surface area (Å²) < 4.78 is 11.4. The molecule has 0 spiro atoms. The topological polar surface area (TPSA) is 56.3 Å². The van der Waals surface area contributed by atoms with Crippen LogP contribution in [0.15, 0.2) is 73.1 Å². The minimum atomic E-state index is 0.617. The molecule has 3 aromatic rings. The number of hydrogen-bond acceptors (Lipinski definition) is 5. The Bertz CT molecular complexity index is 893. The highest BCUT2D eigenvalue weighted by molar-refractivity contribution is 5.70. The molecule has 0 atom stereocenters. The maximum absolute atomic E-state index is 6.03. The molecule has 1 aliphatic heterocycles. The van der Waals surface area contributed by atoms with E-state index in [-0.39, 0.29) is 0 Å². The van der Waals surface area contributed by atoms with E-state index < -0.39 is 0 Å². The number of hydrogen-bond donors (Lipinski definition) is 1. The van der Waals surface area contributed by atoms with E-state index in [1.807, 2.05) is 54.6 Å². The van der Waals surface area contributed by atoms with Crippen molar-refractivity contribution in [3.8, 4) is 11.6 Å². The quantitative estimate of drug-likeness (QED) is 0.719. The van der Waals surface area contributed by atoms with Crippen molar-refractivity contribution in [3.63, 3.8) is 0 Å². The molecule has 0 fully saturated rings. The van der Waals surface area contributed by atoms with E-state index in [0.29, 0.717) is 12.5 Å². The fraction of sp³-hybridized carbons (Fsp3) is 0.143. The number of pyridine rings is 2. The number of nitrogens with zero attached hydrogens (tertiary/aromatic N) is 2. The van der Waals surface area contributed by atoms with E-state index in [0.717, 1.165) is 35.8 Å². The second kappa shape index (κ2) is 7.80. The summed E-state index contributed by atoms with van der Waals surface area (Å²) in [6, 6.07) is 17.5. The van der Waals surface area contributed by atoms with Gasteiger partial charge in [-0.1, -0.05) is 12.1 Å². The SMILES string of the molecule is C1=C(c2cccnc2Oc2ccc(Nc3ccccn3)cc2)CCOC1. The van der Waals surface area contributed by atoms with Gasteiger partial charge in [0.15, 0.2) is 0 Å². The Morgan fingerprint density at radius 1 is 0.923 bits per heavy atom. The molecular weight excluding hydrogens is 326 g/mol. The summed E-state index contributed by atoms with van der Waals surface area (Å²) in [6.07, 6.45) is 6.46. The molecule has 5 heteroatoms. The third kappa shape index (κ3) is 3.90. The van der Waals surface area contributed by atoms with Gasteiger partial charge in [0.25, 0.3) is 0 Å². The summed E-state index contributed by atoms with van der Waals surface area (Å²) in [6.45, 7) is 1.37. The maximum atomic E-state index is 6.03. The molecule has 0 aliphatic carbocycles. The Morgan fingerprint density at radius 2 is 1.81 bits per heavy atom. The average Bonchev–Trinajstić information content (AvgIpc) is 2.71. The Morgan fingerprint density at radius 3 is 2.58 bits per heavy atom. The lowest BCUT2D eigenvalue weighted by Crippen LogP contribution is -2.05. The number of benzene rings is 1. The Hall–Kier alpha value is -3.18. The zero-order chi connectivity index (χ0) is 17.6. The van der Waals surface area contributed by atoms with Gasteiger partial charge in [-0.25, -0.2) is 9.97 Å². The van der Waals surface area contributed by atoms with Crippen molar-refractivity contribution in [1.82, 2.24) is 9.97 Å². The standard InChI is InChI=1S/C21H19N3O2/c1-2-12-22-20(5-1)24-17-6-8-18(9-7-17)26-21-19(4-3-13-23-21)16-10-14-25-15-11-16/h1-10,12-13H,11,14-15H2,(H,22,24). The number of ether oxygens (including phenoxy) is 2. The summed E-state index contributed by atoms with van der Waals surface area (Å²) in [5.74, 6) is 2.16. The van der Waals surface area contributed by atoms with Crippen LogP contribution in [0.3, 0.4) is 0 Å². The predicted molar refractivity (Wildman–Crippen MR) is 102 cm³/mol. The van der Waals surface area contributed by atoms with E-state index in [9.17, 15) is 0 Å². The lowest BCUT2D eigenvalue weighted by Gasteiger charge is -2.16. The Balaban J connectivity index is 1.50. The molecule has 4 rings (SSSR count). The molecule has 2 aromatic heterocycles. The van der Waals surface area contributed by atoms with E-state index in [4.69, 9.17) is 9.47 Å². The fourth-order valence-corrected chi connectivity index (χ4v) is 2.79. The van der Waals surface area contributed by atoms with E-state index in [1.165, 1.54) is 5.57 Å². The molecule has 0 saturated heterocycles. The van der Waals surface area contributed by atoms with Gasteiger partial charge in [-0.3, -0.25) is 0 Å². The molecule has 0 amide bonds. The van der Waals surface area contributed by atoms with Gasteiger partial charge in [-0.2, -0.15) is 0 Å². The van der Waals surface area contributed by atoms with Crippen LogP contribution in [0, 0.1) is 0 Å². The van der Waals surface area contributed by atoms with Crippen LogP contribution < -0.4 is 10.1 Å². The number of aromatic nitrogens is 2. The summed E-state index contributed by atoms with van der Waals surface area (Å²) in [7, 11) is 0. The van der Waals surface area contributed by atoms with Crippen LogP contribution in [-0.2, 0) is 4.74 Å². The Labute approximate surface area is 152 Å². The number of nitrogens with one attached hydrogen (secondary N) is 1. The molecule has 130 valence electrons. The van der Waals surface area contributed by atoms with Gasteiger partial charge < -0.3 is 14.8 Å². The first-order valence-corrected chi connectivity index (χ1v) is 8.57. The van der Waals surface area contributed by atoms with Crippen molar-refractivity contribution in [2.75, 3.05) is 18.5 Å². The summed E-state index contributed by atoms with van der Waals surface area (Å²) in [4.78, 5) is 8.67. The molecule has 26 heavy (non-hydrogen) atoms. The van der Waals surface area contributed by atoms with Gasteiger partial charge in [0.2, 0.25) is 5.88 Å². The van der Waals surface area contributed by atoms with Crippen LogP contribution in [0.2, 0.25) is 0 Å². The van der Waals surface area contributed by atoms with Crippen LogP contribution in [0.5, 0.6) is 11.6 Å². The first-order chi connectivity index (χ1) is 12.9. The molecule has 0 saturated carbocycles. The van der Waals surface area contributed by atoms with Crippen molar-refractivity contribution >= 4 is 17.1 Å². The molecule has 0 bridgehead atoms.